The SMILES string of the molecule is CC(=O)OC1C(=O)C2(C)C(O)CC3OCC3(OC(C)=O)C2C(OC(=O)c2ccccc2)C2(O)CC(OC(=O)C(O)C(NC(=O)c3ccccc3)c3ccccc3)C(C)=C1C2(C)C.NC(CCC(=O)O)C(=O)O. The molecule has 1 aliphatic heterocycles. The fourth-order valence-corrected chi connectivity index (χ4v) is 10.6. The molecule has 3 fully saturated rings. The van der Waals surface area contributed by atoms with Crippen molar-refractivity contribution in [3.05, 3.63) is 119 Å². The van der Waals surface area contributed by atoms with Crippen LogP contribution in [0.25, 0.3) is 0 Å². The van der Waals surface area contributed by atoms with Gasteiger partial charge in [-0.15, -0.1) is 0 Å². The maximum absolute atomic E-state index is 15.5. The molecule has 3 aliphatic carbocycles. The Morgan fingerprint density at radius 2 is 1.40 bits per heavy atom. The number of carbonyl (C=O) groups is 8. The molecule has 20 heteroatoms. The number of carboxylic acid groups (broad SMARTS) is 2. The number of hydrogen-bond donors (Lipinski definition) is 7. The van der Waals surface area contributed by atoms with Crippen molar-refractivity contribution in [1.29, 1.82) is 0 Å². The summed E-state index contributed by atoms with van der Waals surface area (Å²) in [5.74, 6) is -9.04. The number of ether oxygens (including phenoxy) is 5. The van der Waals surface area contributed by atoms with E-state index in [1.165, 1.54) is 26.0 Å². The van der Waals surface area contributed by atoms with Gasteiger partial charge >= 0.3 is 35.8 Å². The molecule has 3 aromatic carbocycles. The van der Waals surface area contributed by atoms with Gasteiger partial charge in [-0.05, 0) is 61.2 Å². The minimum absolute atomic E-state index is 0.00289. The van der Waals surface area contributed by atoms with Gasteiger partial charge in [-0.25, -0.2) is 9.59 Å². The Kier molecular flexibility index (Phi) is 16.3. The number of aliphatic carboxylic acids is 2. The summed E-state index contributed by atoms with van der Waals surface area (Å²) in [7, 11) is 0. The van der Waals surface area contributed by atoms with E-state index in [2.05, 4.69) is 5.32 Å². The molecule has 0 radical (unpaired) electrons. The number of aliphatic hydroxyl groups excluding tert-OH is 2. The van der Waals surface area contributed by atoms with Crippen LogP contribution in [0.2, 0.25) is 0 Å². The fourth-order valence-electron chi connectivity index (χ4n) is 10.6. The van der Waals surface area contributed by atoms with E-state index >= 15 is 4.79 Å². The summed E-state index contributed by atoms with van der Waals surface area (Å²) in [6.07, 6.45) is -10.7. The van der Waals surface area contributed by atoms with Crippen molar-refractivity contribution in [3.8, 4) is 0 Å². The molecule has 4 aliphatic rings. The fraction of sp³-hybridized carbons (Fsp3) is 0.462. The molecule has 72 heavy (non-hydrogen) atoms. The Morgan fingerprint density at radius 3 is 1.92 bits per heavy atom. The minimum atomic E-state index is -2.39. The standard InChI is InChI=1S/C47H51NO14.C5H9NO4/c1-25-31(60-43(56)36(52)35(28-16-10-7-11-17-28)48-41(54)29-18-12-8-13-19-29)23-47(57)40(61-42(55)30-20-14-9-15-21-30)38-45(6,32(51)22-33-46(38,24-58-33)62-27(3)50)39(53)37(59-26(2)49)34(25)44(47,4)5;6-3(5(9)10)1-2-4(7)8/h7-21,31-33,35-38,40,51-52,57H,22-24H2,1-6H3,(H,48,54);3H,1-2,6H2,(H,7,8)(H,9,10). The number of carboxylic acids is 2. The van der Waals surface area contributed by atoms with Gasteiger partial charge in [0.15, 0.2) is 23.6 Å². The van der Waals surface area contributed by atoms with Crippen LogP contribution in [-0.4, -0.2) is 134 Å². The van der Waals surface area contributed by atoms with E-state index in [-0.39, 0.29) is 48.1 Å². The number of aliphatic hydroxyl groups is 3. The quantitative estimate of drug-likeness (QED) is 0.0693. The van der Waals surface area contributed by atoms with Gasteiger partial charge in [0.2, 0.25) is 0 Å². The number of hydrogen-bond acceptors (Lipinski definition) is 17. The second kappa shape index (κ2) is 21.5. The van der Waals surface area contributed by atoms with Crippen molar-refractivity contribution >= 4 is 47.5 Å². The maximum Gasteiger partial charge on any atom is 0.338 e. The molecular formula is C52H60N2O18. The number of rotatable bonds is 14. The van der Waals surface area contributed by atoms with Crippen molar-refractivity contribution in [2.75, 3.05) is 6.61 Å². The molecule has 1 saturated heterocycles. The topological polar surface area (TPSA) is 322 Å². The molecule has 8 N–H and O–H groups in total. The van der Waals surface area contributed by atoms with Crippen molar-refractivity contribution in [1.82, 2.24) is 5.32 Å². The van der Waals surface area contributed by atoms with Crippen LogP contribution in [0.1, 0.15) is 99.5 Å². The molecule has 12 unspecified atom stereocenters. The second-order valence-electron chi connectivity index (χ2n) is 19.2. The van der Waals surface area contributed by atoms with Gasteiger partial charge in [0.05, 0.1) is 35.6 Å². The zero-order valence-electron chi connectivity index (χ0n) is 40.5. The third-order valence-electron chi connectivity index (χ3n) is 14.5. The molecule has 20 nitrogen and oxygen atoms in total. The molecule has 1 amide bonds. The molecule has 386 valence electrons. The summed E-state index contributed by atoms with van der Waals surface area (Å²) in [5, 5.41) is 56.5. The lowest BCUT2D eigenvalue weighted by Gasteiger charge is -2.67. The Morgan fingerprint density at radius 1 is 0.833 bits per heavy atom. The number of nitrogens with two attached hydrogens (primary N) is 1. The monoisotopic (exact) mass is 1000 g/mol. The highest BCUT2D eigenvalue weighted by molar-refractivity contribution is 5.96. The Balaban J connectivity index is 0.000000764. The van der Waals surface area contributed by atoms with Gasteiger partial charge in [-0.2, -0.15) is 0 Å². The van der Waals surface area contributed by atoms with Crippen LogP contribution in [0.4, 0.5) is 0 Å². The highest BCUT2D eigenvalue weighted by Gasteiger charge is 2.78. The number of carbonyl (C=O) groups excluding carboxylic acids is 6. The van der Waals surface area contributed by atoms with E-state index in [1.807, 2.05) is 0 Å². The number of ketones is 1. The van der Waals surface area contributed by atoms with Crippen LogP contribution >= 0.6 is 0 Å². The predicted octanol–water partition coefficient (Wildman–Crippen LogP) is 3.00. The van der Waals surface area contributed by atoms with Crippen LogP contribution in [0.5, 0.6) is 0 Å². The van der Waals surface area contributed by atoms with E-state index in [4.69, 9.17) is 39.6 Å². The molecule has 0 aromatic heterocycles. The third kappa shape index (κ3) is 10.4. The lowest BCUT2D eigenvalue weighted by molar-refractivity contribution is -0.346. The first-order valence-corrected chi connectivity index (χ1v) is 23.2. The van der Waals surface area contributed by atoms with Crippen molar-refractivity contribution in [2.24, 2.45) is 22.5 Å². The number of fused-ring (bicyclic) bond motifs is 5. The van der Waals surface area contributed by atoms with Gasteiger partial charge < -0.3 is 60.3 Å². The average Bonchev–Trinajstić information content (AvgIpc) is 3.33. The zero-order chi connectivity index (χ0) is 53.1. The summed E-state index contributed by atoms with van der Waals surface area (Å²) in [5.41, 5.74) is -2.02. The Labute approximate surface area is 414 Å². The highest BCUT2D eigenvalue weighted by Crippen LogP contribution is 2.64. The summed E-state index contributed by atoms with van der Waals surface area (Å²) >= 11 is 0. The summed E-state index contributed by atoms with van der Waals surface area (Å²) in [4.78, 5) is 103. The molecular weight excluding hydrogens is 941 g/mol. The van der Waals surface area contributed by atoms with Gasteiger partial charge in [0.25, 0.3) is 5.91 Å². The average molecular weight is 1000 g/mol. The van der Waals surface area contributed by atoms with Gasteiger partial charge in [-0.3, -0.25) is 28.8 Å². The molecule has 3 aromatic rings. The number of benzene rings is 3. The Bertz CT molecular complexity index is 2590. The molecule has 7 rings (SSSR count). The number of esters is 4. The van der Waals surface area contributed by atoms with Crippen LogP contribution in [0.15, 0.2) is 102 Å². The predicted molar refractivity (Wildman–Crippen MR) is 250 cm³/mol. The van der Waals surface area contributed by atoms with Gasteiger partial charge in [0, 0.05) is 44.1 Å². The first-order valence-electron chi connectivity index (χ1n) is 23.2. The third-order valence-corrected chi connectivity index (χ3v) is 14.5. The van der Waals surface area contributed by atoms with E-state index in [1.54, 1.807) is 92.7 Å². The number of nitrogens with one attached hydrogen (secondary N) is 1. The van der Waals surface area contributed by atoms with Crippen molar-refractivity contribution in [2.45, 2.75) is 127 Å². The Hall–Kier alpha value is -6.84. The first kappa shape index (κ1) is 54.5. The van der Waals surface area contributed by atoms with Crippen molar-refractivity contribution in [3.63, 3.8) is 0 Å². The molecule has 12 atom stereocenters. The molecule has 2 bridgehead atoms. The van der Waals surface area contributed by atoms with Gasteiger partial charge in [-0.1, -0.05) is 80.6 Å². The summed E-state index contributed by atoms with van der Waals surface area (Å²) in [6.45, 7) is 7.97. The van der Waals surface area contributed by atoms with E-state index < -0.39 is 131 Å². The highest BCUT2D eigenvalue weighted by atomic mass is 16.6. The summed E-state index contributed by atoms with van der Waals surface area (Å²) < 4.78 is 30.3. The molecule has 2 saturated carbocycles. The van der Waals surface area contributed by atoms with Crippen LogP contribution < -0.4 is 11.1 Å². The van der Waals surface area contributed by atoms with E-state index in [9.17, 15) is 48.9 Å². The second-order valence-corrected chi connectivity index (χ2v) is 19.2. The maximum atomic E-state index is 15.5. The number of Topliss-reactive ketones (excluding diaryl/α,β-unsaturated/α-hetero) is 1. The van der Waals surface area contributed by atoms with Crippen LogP contribution in [-0.2, 0) is 52.5 Å². The van der Waals surface area contributed by atoms with Crippen LogP contribution in [0.3, 0.4) is 0 Å². The summed E-state index contributed by atoms with van der Waals surface area (Å²) in [6, 6.07) is 21.9. The van der Waals surface area contributed by atoms with Crippen LogP contribution in [0, 0.1) is 16.7 Å². The molecule has 1 heterocycles. The lowest BCUT2D eigenvalue weighted by Crippen LogP contribution is -2.82. The van der Waals surface area contributed by atoms with E-state index in [0.717, 1.165) is 13.8 Å². The van der Waals surface area contributed by atoms with E-state index in [0.29, 0.717) is 5.56 Å². The molecule has 0 spiro atoms. The minimum Gasteiger partial charge on any atom is -0.481 e. The smallest absolute Gasteiger partial charge is 0.338 e. The lowest BCUT2D eigenvalue weighted by atomic mass is 9.44. The zero-order valence-corrected chi connectivity index (χ0v) is 40.5. The largest absolute Gasteiger partial charge is 0.481 e. The van der Waals surface area contributed by atoms with Crippen molar-refractivity contribution < 1.29 is 87.6 Å². The number of amides is 1. The van der Waals surface area contributed by atoms with Gasteiger partial charge in [0.1, 0.15) is 30.0 Å². The first-order chi connectivity index (χ1) is 33.8. The normalized spacial score (nSPS) is 29.2.